The van der Waals surface area contributed by atoms with Crippen LogP contribution in [0.4, 0.5) is 0 Å². The largest absolute Gasteiger partial charge is 0.351 e. The Morgan fingerprint density at radius 1 is 1.50 bits per heavy atom. The fourth-order valence-electron chi connectivity index (χ4n) is 1.81. The van der Waals surface area contributed by atoms with Gasteiger partial charge in [0.15, 0.2) is 0 Å². The van der Waals surface area contributed by atoms with Crippen LogP contribution in [0.5, 0.6) is 0 Å². The highest BCUT2D eigenvalue weighted by Crippen LogP contribution is 2.23. The maximum Gasteiger partial charge on any atom is 0.251 e. The van der Waals surface area contributed by atoms with Gasteiger partial charge in [0, 0.05) is 39.5 Å². The summed E-state index contributed by atoms with van der Waals surface area (Å²) in [4.78, 5) is 12.9. The molecule has 0 saturated carbocycles. The first-order chi connectivity index (χ1) is 8.66. The van der Waals surface area contributed by atoms with E-state index < -0.39 is 0 Å². The number of carbonyl (C=O) groups is 1. The normalized spacial score (nSPS) is 19.6. The van der Waals surface area contributed by atoms with E-state index in [-0.39, 0.29) is 5.91 Å². The number of thioether (sulfide) groups is 2. The minimum absolute atomic E-state index is 0.0135. The minimum atomic E-state index is 0.0135. The summed E-state index contributed by atoms with van der Waals surface area (Å²) in [6.45, 7) is 2.71. The highest BCUT2D eigenvalue weighted by atomic mass is 32.2. The lowest BCUT2D eigenvalue weighted by Gasteiger charge is -2.21. The van der Waals surface area contributed by atoms with Gasteiger partial charge in [-0.05, 0) is 24.6 Å². The lowest BCUT2D eigenvalue weighted by Crippen LogP contribution is -2.33. The van der Waals surface area contributed by atoms with E-state index in [1.807, 2.05) is 48.6 Å². The minimum Gasteiger partial charge on any atom is -0.351 e. The van der Waals surface area contributed by atoms with E-state index in [9.17, 15) is 4.79 Å². The van der Waals surface area contributed by atoms with E-state index in [4.69, 9.17) is 0 Å². The van der Waals surface area contributed by atoms with Crippen molar-refractivity contribution in [2.45, 2.75) is 17.1 Å². The number of nitrogens with one attached hydrogen (secondary N) is 1. The summed E-state index contributed by atoms with van der Waals surface area (Å²) in [7, 11) is 0. The van der Waals surface area contributed by atoms with Crippen molar-refractivity contribution in [2.75, 3.05) is 23.8 Å². The predicted molar refractivity (Wildman–Crippen MR) is 84.3 cm³/mol. The summed E-state index contributed by atoms with van der Waals surface area (Å²) < 4.78 is 0. The first-order valence-electron chi connectivity index (χ1n) is 5.94. The summed E-state index contributed by atoms with van der Waals surface area (Å²) in [5.74, 6) is 3.57. The summed E-state index contributed by atoms with van der Waals surface area (Å²) >= 11 is 8.21. The van der Waals surface area contributed by atoms with Crippen molar-refractivity contribution in [2.24, 2.45) is 0 Å². The van der Waals surface area contributed by atoms with Crippen LogP contribution in [0.15, 0.2) is 23.1 Å². The van der Waals surface area contributed by atoms with Gasteiger partial charge in [0.1, 0.15) is 0 Å². The third kappa shape index (κ3) is 3.87. The molecule has 0 spiro atoms. The van der Waals surface area contributed by atoms with E-state index in [1.165, 1.54) is 11.5 Å². The summed E-state index contributed by atoms with van der Waals surface area (Å²) in [6.07, 6.45) is 0. The summed E-state index contributed by atoms with van der Waals surface area (Å²) in [5.41, 5.74) is 1.73. The molecule has 1 aliphatic heterocycles. The lowest BCUT2D eigenvalue weighted by molar-refractivity contribution is 0.0953. The first kappa shape index (κ1) is 14.2. The number of carbonyl (C=O) groups excluding carboxylic acids is 1. The fourth-order valence-corrected chi connectivity index (χ4v) is 4.63. The summed E-state index contributed by atoms with van der Waals surface area (Å²) in [5, 5.41) is 3.58. The number of amides is 1. The zero-order valence-corrected chi connectivity index (χ0v) is 12.8. The van der Waals surface area contributed by atoms with Crippen molar-refractivity contribution in [1.29, 1.82) is 0 Å². The average molecular weight is 299 g/mol. The molecule has 1 aromatic rings. The molecule has 1 aromatic carbocycles. The monoisotopic (exact) mass is 299 g/mol. The Labute approximate surface area is 122 Å². The van der Waals surface area contributed by atoms with Crippen LogP contribution in [0, 0.1) is 6.92 Å². The molecule has 5 heteroatoms. The maximum absolute atomic E-state index is 12.1. The van der Waals surface area contributed by atoms with Crippen molar-refractivity contribution < 1.29 is 4.79 Å². The van der Waals surface area contributed by atoms with E-state index in [0.717, 1.165) is 28.3 Å². The second-order valence-corrected chi connectivity index (χ2v) is 7.35. The van der Waals surface area contributed by atoms with Crippen molar-refractivity contribution >= 4 is 42.1 Å². The van der Waals surface area contributed by atoms with Gasteiger partial charge in [-0.15, -0.1) is 12.6 Å². The van der Waals surface area contributed by atoms with Gasteiger partial charge >= 0.3 is 0 Å². The molecular formula is C13H17NOS3. The number of rotatable bonds is 3. The Morgan fingerprint density at radius 2 is 2.33 bits per heavy atom. The average Bonchev–Trinajstić information content (AvgIpc) is 2.40. The van der Waals surface area contributed by atoms with Gasteiger partial charge in [0.2, 0.25) is 0 Å². The molecule has 1 unspecified atom stereocenters. The Hall–Kier alpha value is -0.260. The molecule has 0 bridgehead atoms. The van der Waals surface area contributed by atoms with Crippen molar-refractivity contribution in [3.8, 4) is 0 Å². The van der Waals surface area contributed by atoms with Crippen LogP contribution in [-0.4, -0.2) is 35.0 Å². The molecule has 1 aliphatic rings. The third-order valence-corrected chi connectivity index (χ3v) is 5.96. The van der Waals surface area contributed by atoms with Gasteiger partial charge in [-0.3, -0.25) is 4.79 Å². The Bertz CT molecular complexity index is 430. The van der Waals surface area contributed by atoms with Crippen LogP contribution in [-0.2, 0) is 0 Å². The highest BCUT2D eigenvalue weighted by Gasteiger charge is 2.16. The van der Waals surface area contributed by atoms with Gasteiger partial charge < -0.3 is 5.32 Å². The molecule has 1 N–H and O–H groups in total. The number of benzene rings is 1. The number of hydrogen-bond donors (Lipinski definition) is 2. The molecule has 1 heterocycles. The van der Waals surface area contributed by atoms with Crippen molar-refractivity contribution in [1.82, 2.24) is 5.32 Å². The molecule has 2 rings (SSSR count). The van der Waals surface area contributed by atoms with Gasteiger partial charge in [0.25, 0.3) is 5.91 Å². The third-order valence-electron chi connectivity index (χ3n) is 2.84. The van der Waals surface area contributed by atoms with Crippen LogP contribution in [0.2, 0.25) is 0 Å². The quantitative estimate of drug-likeness (QED) is 0.841. The van der Waals surface area contributed by atoms with Gasteiger partial charge in [-0.25, -0.2) is 0 Å². The lowest BCUT2D eigenvalue weighted by atomic mass is 10.1. The Balaban J connectivity index is 1.92. The first-order valence-corrected chi connectivity index (χ1v) is 8.59. The molecular weight excluding hydrogens is 282 g/mol. The standard InChI is InChI=1S/C13H17NOS3/c1-9-2-3-10(16)6-12(9)13(15)14-7-11-8-17-4-5-18-11/h2-3,6,11,16H,4-5,7-8H2,1H3,(H,14,15). The van der Waals surface area contributed by atoms with E-state index in [1.54, 1.807) is 0 Å². The van der Waals surface area contributed by atoms with Gasteiger partial charge in [-0.2, -0.15) is 23.5 Å². The Morgan fingerprint density at radius 3 is 3.06 bits per heavy atom. The molecule has 18 heavy (non-hydrogen) atoms. The topological polar surface area (TPSA) is 29.1 Å². The Kier molecular flexibility index (Phi) is 5.33. The smallest absolute Gasteiger partial charge is 0.251 e. The molecule has 1 atom stereocenters. The summed E-state index contributed by atoms with van der Waals surface area (Å²) in [6, 6.07) is 5.67. The molecule has 0 aliphatic carbocycles. The van der Waals surface area contributed by atoms with Crippen molar-refractivity contribution in [3.63, 3.8) is 0 Å². The van der Waals surface area contributed by atoms with E-state index >= 15 is 0 Å². The fraction of sp³-hybridized carbons (Fsp3) is 0.462. The molecule has 0 radical (unpaired) electrons. The zero-order chi connectivity index (χ0) is 13.0. The molecule has 2 nitrogen and oxygen atoms in total. The van der Waals surface area contributed by atoms with Crippen LogP contribution >= 0.6 is 36.2 Å². The molecule has 1 fully saturated rings. The predicted octanol–water partition coefficient (Wildman–Crippen LogP) is 2.86. The molecule has 0 aromatic heterocycles. The number of thiol groups is 1. The molecule has 98 valence electrons. The molecule has 1 saturated heterocycles. The number of hydrogen-bond acceptors (Lipinski definition) is 4. The van der Waals surface area contributed by atoms with Gasteiger partial charge in [-0.1, -0.05) is 6.07 Å². The second-order valence-electron chi connectivity index (χ2n) is 4.28. The SMILES string of the molecule is Cc1ccc(S)cc1C(=O)NCC1CSCCS1. The maximum atomic E-state index is 12.1. The van der Waals surface area contributed by atoms with Crippen LogP contribution in [0.25, 0.3) is 0 Å². The number of aryl methyl sites for hydroxylation is 1. The van der Waals surface area contributed by atoms with Gasteiger partial charge in [0.05, 0.1) is 0 Å². The van der Waals surface area contributed by atoms with E-state index in [2.05, 4.69) is 17.9 Å². The van der Waals surface area contributed by atoms with E-state index in [0.29, 0.717) is 5.25 Å². The van der Waals surface area contributed by atoms with Crippen molar-refractivity contribution in [3.05, 3.63) is 29.3 Å². The second kappa shape index (κ2) is 6.78. The van der Waals surface area contributed by atoms with Crippen LogP contribution in [0.3, 0.4) is 0 Å². The highest BCUT2D eigenvalue weighted by molar-refractivity contribution is 8.06. The zero-order valence-electron chi connectivity index (χ0n) is 10.3. The van der Waals surface area contributed by atoms with Crippen LogP contribution < -0.4 is 5.32 Å². The molecule has 1 amide bonds. The van der Waals surface area contributed by atoms with Crippen LogP contribution in [0.1, 0.15) is 15.9 Å².